The molecule has 1 aromatic carbocycles. The Morgan fingerprint density at radius 1 is 1.17 bits per heavy atom. The Labute approximate surface area is 146 Å². The van der Waals surface area contributed by atoms with Crippen molar-refractivity contribution in [3.05, 3.63) is 80.3 Å². The van der Waals surface area contributed by atoms with Crippen molar-refractivity contribution in [1.29, 1.82) is 0 Å². The Balaban J connectivity index is 1.84. The van der Waals surface area contributed by atoms with Gasteiger partial charge in [0.05, 0.1) is 11.8 Å². The molecule has 3 aromatic rings. The maximum absolute atomic E-state index is 12.4. The molecular formula is C16H10Cl2N4O2. The van der Waals surface area contributed by atoms with Gasteiger partial charge in [-0.2, -0.15) is 5.10 Å². The molecule has 0 aliphatic carbocycles. The van der Waals surface area contributed by atoms with Crippen molar-refractivity contribution in [1.82, 2.24) is 14.8 Å². The fourth-order valence-corrected chi connectivity index (χ4v) is 2.35. The van der Waals surface area contributed by atoms with Gasteiger partial charge in [-0.15, -0.1) is 0 Å². The van der Waals surface area contributed by atoms with Crippen molar-refractivity contribution < 1.29 is 4.79 Å². The SMILES string of the molecule is O=C(N/N=C\c1c(Cl)nc2ccccn2c1=O)c1ccc(Cl)cc1. The van der Waals surface area contributed by atoms with Crippen LogP contribution in [0.15, 0.2) is 58.6 Å². The molecule has 120 valence electrons. The molecule has 0 radical (unpaired) electrons. The number of carbonyl (C=O) groups is 1. The second-order valence-electron chi connectivity index (χ2n) is 4.76. The molecule has 0 bridgehead atoms. The molecule has 0 saturated heterocycles. The van der Waals surface area contributed by atoms with Gasteiger partial charge in [-0.05, 0) is 36.4 Å². The Kier molecular flexibility index (Phi) is 4.59. The number of aromatic nitrogens is 2. The lowest BCUT2D eigenvalue weighted by Crippen LogP contribution is -2.22. The summed E-state index contributed by atoms with van der Waals surface area (Å²) in [6, 6.07) is 11.4. The highest BCUT2D eigenvalue weighted by Crippen LogP contribution is 2.10. The van der Waals surface area contributed by atoms with Gasteiger partial charge < -0.3 is 0 Å². The molecule has 1 N–H and O–H groups in total. The Morgan fingerprint density at radius 2 is 1.92 bits per heavy atom. The number of hydrazone groups is 1. The summed E-state index contributed by atoms with van der Waals surface area (Å²) in [7, 11) is 0. The number of nitrogens with one attached hydrogen (secondary N) is 1. The van der Waals surface area contributed by atoms with Crippen LogP contribution < -0.4 is 11.0 Å². The van der Waals surface area contributed by atoms with Crippen molar-refractivity contribution in [3.8, 4) is 0 Å². The first-order valence-corrected chi connectivity index (χ1v) is 7.58. The summed E-state index contributed by atoms with van der Waals surface area (Å²) < 4.78 is 1.34. The summed E-state index contributed by atoms with van der Waals surface area (Å²) in [5, 5.41) is 4.31. The van der Waals surface area contributed by atoms with Crippen LogP contribution in [0.25, 0.3) is 5.65 Å². The van der Waals surface area contributed by atoms with E-state index in [1.54, 1.807) is 48.7 Å². The summed E-state index contributed by atoms with van der Waals surface area (Å²) in [5.41, 5.74) is 2.83. The van der Waals surface area contributed by atoms with Gasteiger partial charge in [-0.25, -0.2) is 10.4 Å². The molecule has 0 atom stereocenters. The molecule has 0 unspecified atom stereocenters. The number of hydrogen-bond donors (Lipinski definition) is 1. The van der Waals surface area contributed by atoms with Gasteiger partial charge in [0, 0.05) is 16.8 Å². The van der Waals surface area contributed by atoms with E-state index in [1.165, 1.54) is 10.6 Å². The van der Waals surface area contributed by atoms with Crippen molar-refractivity contribution in [2.45, 2.75) is 0 Å². The second-order valence-corrected chi connectivity index (χ2v) is 5.55. The number of fused-ring (bicyclic) bond motifs is 1. The van der Waals surface area contributed by atoms with Gasteiger partial charge in [0.1, 0.15) is 10.8 Å². The quantitative estimate of drug-likeness (QED) is 0.443. The molecular weight excluding hydrogens is 351 g/mol. The van der Waals surface area contributed by atoms with Crippen LogP contribution in [-0.2, 0) is 0 Å². The normalized spacial score (nSPS) is 11.1. The Bertz CT molecular complexity index is 997. The summed E-state index contributed by atoms with van der Waals surface area (Å²) in [4.78, 5) is 28.4. The number of halogens is 2. The van der Waals surface area contributed by atoms with Gasteiger partial charge in [0.2, 0.25) is 0 Å². The van der Waals surface area contributed by atoms with E-state index < -0.39 is 5.91 Å². The van der Waals surface area contributed by atoms with Gasteiger partial charge in [0.15, 0.2) is 0 Å². The Morgan fingerprint density at radius 3 is 2.67 bits per heavy atom. The highest BCUT2D eigenvalue weighted by atomic mass is 35.5. The molecule has 2 aromatic heterocycles. The van der Waals surface area contributed by atoms with Crippen molar-refractivity contribution in [2.24, 2.45) is 5.10 Å². The van der Waals surface area contributed by atoms with Crippen LogP contribution in [0.2, 0.25) is 10.2 Å². The van der Waals surface area contributed by atoms with E-state index in [-0.39, 0.29) is 16.3 Å². The van der Waals surface area contributed by atoms with Gasteiger partial charge in [-0.3, -0.25) is 14.0 Å². The fraction of sp³-hybridized carbons (Fsp3) is 0. The lowest BCUT2D eigenvalue weighted by atomic mass is 10.2. The minimum Gasteiger partial charge on any atom is -0.268 e. The molecule has 2 heterocycles. The first-order chi connectivity index (χ1) is 11.6. The van der Waals surface area contributed by atoms with Gasteiger partial charge >= 0.3 is 0 Å². The van der Waals surface area contributed by atoms with Crippen molar-refractivity contribution >= 4 is 41.0 Å². The number of hydrogen-bond acceptors (Lipinski definition) is 4. The molecule has 24 heavy (non-hydrogen) atoms. The smallest absolute Gasteiger partial charge is 0.268 e. The zero-order valence-electron chi connectivity index (χ0n) is 12.1. The third-order valence-electron chi connectivity index (χ3n) is 3.19. The molecule has 0 aliphatic heterocycles. The summed E-state index contributed by atoms with van der Waals surface area (Å²) >= 11 is 11.8. The average Bonchev–Trinajstić information content (AvgIpc) is 2.58. The van der Waals surface area contributed by atoms with Crippen LogP contribution in [0.1, 0.15) is 15.9 Å². The summed E-state index contributed by atoms with van der Waals surface area (Å²) in [5.74, 6) is -0.437. The minimum absolute atomic E-state index is 0.00990. The van der Waals surface area contributed by atoms with Gasteiger partial charge in [-0.1, -0.05) is 29.3 Å². The number of carbonyl (C=O) groups excluding carboxylic acids is 1. The lowest BCUT2D eigenvalue weighted by Gasteiger charge is -2.03. The first kappa shape index (κ1) is 16.2. The van der Waals surface area contributed by atoms with Gasteiger partial charge in [0.25, 0.3) is 11.5 Å². The molecule has 0 saturated carbocycles. The predicted molar refractivity (Wildman–Crippen MR) is 93.0 cm³/mol. The highest BCUT2D eigenvalue weighted by molar-refractivity contribution is 6.32. The van der Waals surface area contributed by atoms with E-state index in [9.17, 15) is 9.59 Å². The number of amides is 1. The topological polar surface area (TPSA) is 75.8 Å². The van der Waals surface area contributed by atoms with E-state index in [0.29, 0.717) is 16.2 Å². The van der Waals surface area contributed by atoms with E-state index in [0.717, 1.165) is 0 Å². The average molecular weight is 361 g/mol. The fourth-order valence-electron chi connectivity index (χ4n) is 2.01. The minimum atomic E-state index is -0.437. The molecule has 0 fully saturated rings. The zero-order valence-corrected chi connectivity index (χ0v) is 13.6. The van der Waals surface area contributed by atoms with Crippen LogP contribution in [0.5, 0.6) is 0 Å². The largest absolute Gasteiger partial charge is 0.271 e. The van der Waals surface area contributed by atoms with E-state index in [4.69, 9.17) is 23.2 Å². The zero-order chi connectivity index (χ0) is 17.1. The molecule has 0 spiro atoms. The van der Waals surface area contributed by atoms with Crippen LogP contribution in [0, 0.1) is 0 Å². The number of benzene rings is 1. The third kappa shape index (κ3) is 3.29. The lowest BCUT2D eigenvalue weighted by molar-refractivity contribution is 0.0955. The number of pyridine rings is 1. The first-order valence-electron chi connectivity index (χ1n) is 6.82. The highest BCUT2D eigenvalue weighted by Gasteiger charge is 2.09. The third-order valence-corrected chi connectivity index (χ3v) is 3.73. The molecule has 0 aliphatic rings. The van der Waals surface area contributed by atoms with Crippen LogP contribution in [0.4, 0.5) is 0 Å². The monoisotopic (exact) mass is 360 g/mol. The number of nitrogens with zero attached hydrogens (tertiary/aromatic N) is 3. The van der Waals surface area contributed by atoms with Crippen molar-refractivity contribution in [2.75, 3.05) is 0 Å². The van der Waals surface area contributed by atoms with E-state index in [2.05, 4.69) is 15.5 Å². The van der Waals surface area contributed by atoms with Crippen LogP contribution in [-0.4, -0.2) is 21.5 Å². The van der Waals surface area contributed by atoms with Crippen molar-refractivity contribution in [3.63, 3.8) is 0 Å². The van der Waals surface area contributed by atoms with Crippen LogP contribution in [0.3, 0.4) is 0 Å². The summed E-state index contributed by atoms with van der Waals surface area (Å²) in [6.45, 7) is 0. The summed E-state index contributed by atoms with van der Waals surface area (Å²) in [6.07, 6.45) is 2.75. The molecule has 8 heteroatoms. The van der Waals surface area contributed by atoms with E-state index >= 15 is 0 Å². The predicted octanol–water partition coefficient (Wildman–Crippen LogP) is 2.77. The maximum atomic E-state index is 12.4. The number of rotatable bonds is 3. The second kappa shape index (κ2) is 6.82. The Hall–Kier alpha value is -2.70. The maximum Gasteiger partial charge on any atom is 0.271 e. The molecule has 3 rings (SSSR count). The standard InChI is InChI=1S/C16H10Cl2N4O2/c17-11-6-4-10(5-7-11)15(23)21-19-9-12-14(18)20-13-3-1-2-8-22(13)16(12)24/h1-9H,(H,21,23)/b19-9-. The molecule has 1 amide bonds. The van der Waals surface area contributed by atoms with E-state index in [1.807, 2.05) is 0 Å². The van der Waals surface area contributed by atoms with Crippen LogP contribution >= 0.6 is 23.2 Å². The molecule has 6 nitrogen and oxygen atoms in total.